The Morgan fingerprint density at radius 1 is 1.17 bits per heavy atom. The van der Waals surface area contributed by atoms with Crippen LogP contribution in [-0.4, -0.2) is 18.5 Å². The number of carbonyl (C=O) groups is 1. The van der Waals surface area contributed by atoms with Crippen LogP contribution in [0.2, 0.25) is 0 Å². The Balaban J connectivity index is 2.24. The van der Waals surface area contributed by atoms with Crippen LogP contribution in [0.1, 0.15) is 45.2 Å². The number of hydrogen-bond donors (Lipinski definition) is 2. The molecule has 1 aromatic rings. The molecule has 1 amide bonds. The zero-order valence-corrected chi connectivity index (χ0v) is 11.6. The summed E-state index contributed by atoms with van der Waals surface area (Å²) >= 11 is 0. The molecule has 2 N–H and O–H groups in total. The van der Waals surface area contributed by atoms with Gasteiger partial charge in [0.15, 0.2) is 0 Å². The number of amides is 1. The molecule has 0 saturated heterocycles. The van der Waals surface area contributed by atoms with Crippen molar-refractivity contribution in [3.05, 3.63) is 35.9 Å². The molecule has 100 valence electrons. The molecule has 3 heteroatoms. The first-order valence-electron chi connectivity index (χ1n) is 6.67. The van der Waals surface area contributed by atoms with E-state index in [9.17, 15) is 4.79 Å². The Bertz CT molecular complexity index is 349. The molecule has 18 heavy (non-hydrogen) atoms. The Kier molecular flexibility index (Phi) is 6.44. The third-order valence-corrected chi connectivity index (χ3v) is 2.81. The van der Waals surface area contributed by atoms with E-state index in [0.29, 0.717) is 12.5 Å². The molecule has 0 aliphatic heterocycles. The molecule has 0 saturated carbocycles. The van der Waals surface area contributed by atoms with E-state index in [4.69, 9.17) is 0 Å². The van der Waals surface area contributed by atoms with Gasteiger partial charge in [0, 0.05) is 12.5 Å². The van der Waals surface area contributed by atoms with Crippen LogP contribution < -0.4 is 10.6 Å². The topological polar surface area (TPSA) is 41.1 Å². The summed E-state index contributed by atoms with van der Waals surface area (Å²) in [6.45, 7) is 7.12. The highest BCUT2D eigenvalue weighted by Gasteiger charge is 2.08. The van der Waals surface area contributed by atoms with Crippen LogP contribution in [0.4, 0.5) is 0 Å². The van der Waals surface area contributed by atoms with Gasteiger partial charge < -0.3 is 10.6 Å². The number of hydrogen-bond acceptors (Lipinski definition) is 2. The average molecular weight is 248 g/mol. The molecule has 0 heterocycles. The molecule has 0 aliphatic carbocycles. The number of nitrogens with one attached hydrogen (secondary N) is 2. The monoisotopic (exact) mass is 248 g/mol. The second-order valence-electron chi connectivity index (χ2n) is 4.91. The van der Waals surface area contributed by atoms with E-state index >= 15 is 0 Å². The van der Waals surface area contributed by atoms with Crippen molar-refractivity contribution in [2.75, 3.05) is 6.54 Å². The van der Waals surface area contributed by atoms with Crippen LogP contribution in [0, 0.1) is 0 Å². The Labute approximate surface area is 110 Å². The van der Waals surface area contributed by atoms with Gasteiger partial charge in [0.25, 0.3) is 0 Å². The van der Waals surface area contributed by atoms with Crippen LogP contribution in [0.3, 0.4) is 0 Å². The molecule has 0 radical (unpaired) electrons. The molecule has 0 fully saturated rings. The van der Waals surface area contributed by atoms with Gasteiger partial charge in [-0.25, -0.2) is 0 Å². The maximum absolute atomic E-state index is 11.7. The third-order valence-electron chi connectivity index (χ3n) is 2.81. The highest BCUT2D eigenvalue weighted by molar-refractivity contribution is 5.76. The van der Waals surface area contributed by atoms with Gasteiger partial charge in [0.2, 0.25) is 5.91 Å². The first-order valence-corrected chi connectivity index (χ1v) is 6.67. The van der Waals surface area contributed by atoms with Gasteiger partial charge in [-0.15, -0.1) is 0 Å². The van der Waals surface area contributed by atoms with Crippen LogP contribution in [0.25, 0.3) is 0 Å². The molecule has 0 unspecified atom stereocenters. The molecule has 0 spiro atoms. The molecule has 0 aliphatic rings. The van der Waals surface area contributed by atoms with Crippen molar-refractivity contribution >= 4 is 5.91 Å². The van der Waals surface area contributed by atoms with Gasteiger partial charge in [0.05, 0.1) is 6.04 Å². The summed E-state index contributed by atoms with van der Waals surface area (Å²) in [7, 11) is 0. The minimum Gasteiger partial charge on any atom is -0.350 e. The van der Waals surface area contributed by atoms with E-state index in [1.54, 1.807) is 0 Å². The summed E-state index contributed by atoms with van der Waals surface area (Å²) in [5.74, 6) is 0.122. The lowest BCUT2D eigenvalue weighted by Gasteiger charge is -2.14. The second-order valence-corrected chi connectivity index (χ2v) is 4.91. The second kappa shape index (κ2) is 7.88. The van der Waals surface area contributed by atoms with E-state index in [1.807, 2.05) is 37.3 Å². The highest BCUT2D eigenvalue weighted by Crippen LogP contribution is 2.11. The molecule has 1 atom stereocenters. The lowest BCUT2D eigenvalue weighted by Crippen LogP contribution is -2.28. The molecule has 1 aromatic carbocycles. The van der Waals surface area contributed by atoms with Crippen molar-refractivity contribution in [1.29, 1.82) is 0 Å². The fraction of sp³-hybridized carbons (Fsp3) is 0.533. The number of benzene rings is 1. The average Bonchev–Trinajstić information content (AvgIpc) is 2.35. The fourth-order valence-electron chi connectivity index (χ4n) is 1.78. The van der Waals surface area contributed by atoms with Gasteiger partial charge in [0.1, 0.15) is 0 Å². The van der Waals surface area contributed by atoms with Gasteiger partial charge in [-0.1, -0.05) is 44.2 Å². The van der Waals surface area contributed by atoms with Gasteiger partial charge in [-0.3, -0.25) is 4.79 Å². The summed E-state index contributed by atoms with van der Waals surface area (Å²) in [5.41, 5.74) is 1.14. The zero-order valence-electron chi connectivity index (χ0n) is 11.6. The van der Waals surface area contributed by atoms with Crippen LogP contribution in [0.15, 0.2) is 30.3 Å². The van der Waals surface area contributed by atoms with Crippen molar-refractivity contribution < 1.29 is 4.79 Å². The zero-order chi connectivity index (χ0) is 13.4. The molecular formula is C15H24N2O. The third kappa shape index (κ3) is 5.82. The summed E-state index contributed by atoms with van der Waals surface area (Å²) < 4.78 is 0. The van der Waals surface area contributed by atoms with Crippen molar-refractivity contribution in [3.63, 3.8) is 0 Å². The first kappa shape index (κ1) is 14.7. The normalized spacial score (nSPS) is 12.4. The van der Waals surface area contributed by atoms with E-state index < -0.39 is 0 Å². The Morgan fingerprint density at radius 2 is 1.83 bits per heavy atom. The largest absolute Gasteiger partial charge is 0.350 e. The van der Waals surface area contributed by atoms with E-state index in [2.05, 4.69) is 24.5 Å². The summed E-state index contributed by atoms with van der Waals surface area (Å²) in [5, 5.41) is 6.32. The van der Waals surface area contributed by atoms with E-state index in [-0.39, 0.29) is 11.9 Å². The van der Waals surface area contributed by atoms with Crippen molar-refractivity contribution in [2.24, 2.45) is 0 Å². The summed E-state index contributed by atoms with van der Waals surface area (Å²) in [6, 6.07) is 10.6. The summed E-state index contributed by atoms with van der Waals surface area (Å²) in [6.07, 6.45) is 1.46. The summed E-state index contributed by atoms with van der Waals surface area (Å²) in [4.78, 5) is 11.7. The minimum absolute atomic E-state index is 0.0803. The van der Waals surface area contributed by atoms with Crippen LogP contribution in [0.5, 0.6) is 0 Å². The molecule has 3 nitrogen and oxygen atoms in total. The predicted octanol–water partition coefficient (Wildman–Crippen LogP) is 2.64. The quantitative estimate of drug-likeness (QED) is 0.728. The van der Waals surface area contributed by atoms with Crippen LogP contribution in [-0.2, 0) is 4.79 Å². The maximum Gasteiger partial charge on any atom is 0.220 e. The lowest BCUT2D eigenvalue weighted by molar-refractivity contribution is -0.121. The van der Waals surface area contributed by atoms with E-state index in [0.717, 1.165) is 18.5 Å². The Hall–Kier alpha value is -1.35. The minimum atomic E-state index is 0.0803. The smallest absolute Gasteiger partial charge is 0.220 e. The van der Waals surface area contributed by atoms with E-state index in [1.165, 1.54) is 0 Å². The number of carbonyl (C=O) groups excluding carboxylic acids is 1. The maximum atomic E-state index is 11.7. The molecule has 1 rings (SSSR count). The standard InChI is InChI=1S/C15H24N2O/c1-12(2)16-11-7-10-15(18)17-13(3)14-8-5-4-6-9-14/h4-6,8-9,12-13,16H,7,10-11H2,1-3H3,(H,17,18)/t13-/m0/s1. The lowest BCUT2D eigenvalue weighted by atomic mass is 10.1. The van der Waals surface area contributed by atoms with Crippen molar-refractivity contribution in [2.45, 2.75) is 45.7 Å². The first-order chi connectivity index (χ1) is 8.59. The predicted molar refractivity (Wildman–Crippen MR) is 75.4 cm³/mol. The van der Waals surface area contributed by atoms with Gasteiger partial charge in [-0.2, -0.15) is 0 Å². The van der Waals surface area contributed by atoms with Crippen molar-refractivity contribution in [1.82, 2.24) is 10.6 Å². The van der Waals surface area contributed by atoms with Gasteiger partial charge in [-0.05, 0) is 25.5 Å². The van der Waals surface area contributed by atoms with Crippen LogP contribution >= 0.6 is 0 Å². The fourth-order valence-corrected chi connectivity index (χ4v) is 1.78. The van der Waals surface area contributed by atoms with Gasteiger partial charge >= 0.3 is 0 Å². The molecule has 0 aromatic heterocycles. The number of rotatable bonds is 7. The molecule has 0 bridgehead atoms. The highest BCUT2D eigenvalue weighted by atomic mass is 16.1. The Morgan fingerprint density at radius 3 is 2.44 bits per heavy atom. The SMILES string of the molecule is CC(C)NCCCC(=O)N[C@@H](C)c1ccccc1. The van der Waals surface area contributed by atoms with Crippen molar-refractivity contribution in [3.8, 4) is 0 Å². The molecular weight excluding hydrogens is 224 g/mol.